The Morgan fingerprint density at radius 2 is 2.00 bits per heavy atom. The summed E-state index contributed by atoms with van der Waals surface area (Å²) >= 11 is 0. The lowest BCUT2D eigenvalue weighted by atomic mass is 9.86. The second-order valence-electron chi connectivity index (χ2n) is 6.00. The number of carbonyl (C=O) groups is 1. The Labute approximate surface area is 113 Å². The Kier molecular flexibility index (Phi) is 3.50. The van der Waals surface area contributed by atoms with Crippen molar-refractivity contribution in [2.75, 3.05) is 6.61 Å². The molecule has 0 bridgehead atoms. The summed E-state index contributed by atoms with van der Waals surface area (Å²) in [6, 6.07) is 6.23. The zero-order valence-corrected chi connectivity index (χ0v) is 12.0. The van der Waals surface area contributed by atoms with Crippen LogP contribution in [0.1, 0.15) is 43.6 Å². The van der Waals surface area contributed by atoms with Crippen molar-refractivity contribution in [1.82, 2.24) is 4.57 Å². The summed E-state index contributed by atoms with van der Waals surface area (Å²) in [6.07, 6.45) is 1.84. The molecular weight excluding hydrogens is 238 g/mol. The minimum absolute atomic E-state index is 0.0569. The number of aliphatic hydroxyl groups excluding tert-OH is 1. The number of nitrogens with zero attached hydrogens (tertiary/aromatic N) is 1. The summed E-state index contributed by atoms with van der Waals surface area (Å²) in [6.45, 7) is 8.65. The van der Waals surface area contributed by atoms with Gasteiger partial charge in [0.15, 0.2) is 5.78 Å². The second kappa shape index (κ2) is 4.82. The van der Waals surface area contributed by atoms with Gasteiger partial charge in [-0.2, -0.15) is 0 Å². The van der Waals surface area contributed by atoms with E-state index in [1.165, 1.54) is 5.56 Å². The van der Waals surface area contributed by atoms with Gasteiger partial charge in [-0.1, -0.05) is 26.8 Å². The van der Waals surface area contributed by atoms with Crippen LogP contribution < -0.4 is 0 Å². The number of carbonyl (C=O) groups excluding carboxylic acids is 1. The fourth-order valence-electron chi connectivity index (χ4n) is 2.34. The van der Waals surface area contributed by atoms with Gasteiger partial charge in [0.2, 0.25) is 0 Å². The largest absolute Gasteiger partial charge is 0.395 e. The maximum absolute atomic E-state index is 11.8. The van der Waals surface area contributed by atoms with Crippen LogP contribution in [0.15, 0.2) is 24.4 Å². The van der Waals surface area contributed by atoms with Crippen LogP contribution >= 0.6 is 0 Å². The van der Waals surface area contributed by atoms with Crippen LogP contribution in [-0.4, -0.2) is 22.1 Å². The quantitative estimate of drug-likeness (QED) is 0.860. The van der Waals surface area contributed by atoms with E-state index >= 15 is 0 Å². The molecule has 19 heavy (non-hydrogen) atoms. The highest BCUT2D eigenvalue weighted by Gasteiger charge is 2.17. The number of hydrogen-bond acceptors (Lipinski definition) is 2. The molecule has 0 radical (unpaired) electrons. The summed E-state index contributed by atoms with van der Waals surface area (Å²) in [5.41, 5.74) is 3.01. The molecular formula is C16H21NO2. The standard InChI is InChI=1S/C16H21NO2/c1-11(19)14-10-17(7-8-18)15-6-5-12(9-13(14)15)16(2,3)4/h5-6,9-10,18H,7-8H2,1-4H3. The number of aliphatic hydroxyl groups is 1. The van der Waals surface area contributed by atoms with E-state index in [0.29, 0.717) is 6.54 Å². The zero-order chi connectivity index (χ0) is 14.2. The van der Waals surface area contributed by atoms with Crippen LogP contribution in [-0.2, 0) is 12.0 Å². The first kappa shape index (κ1) is 13.8. The van der Waals surface area contributed by atoms with Gasteiger partial charge in [0.05, 0.1) is 6.61 Å². The third-order valence-electron chi connectivity index (χ3n) is 3.47. The smallest absolute Gasteiger partial charge is 0.161 e. The average Bonchev–Trinajstić information content (AvgIpc) is 2.67. The predicted molar refractivity (Wildman–Crippen MR) is 77.7 cm³/mol. The molecule has 0 saturated carbocycles. The van der Waals surface area contributed by atoms with Crippen molar-refractivity contribution in [3.8, 4) is 0 Å². The molecule has 0 fully saturated rings. The van der Waals surface area contributed by atoms with E-state index in [9.17, 15) is 4.79 Å². The number of rotatable bonds is 3. The van der Waals surface area contributed by atoms with Crippen molar-refractivity contribution < 1.29 is 9.90 Å². The van der Waals surface area contributed by atoms with Crippen LogP contribution in [0.3, 0.4) is 0 Å². The number of aromatic nitrogens is 1. The van der Waals surface area contributed by atoms with Crippen molar-refractivity contribution in [1.29, 1.82) is 0 Å². The van der Waals surface area contributed by atoms with E-state index in [1.54, 1.807) is 6.92 Å². The van der Waals surface area contributed by atoms with Crippen LogP contribution in [0.25, 0.3) is 10.9 Å². The molecule has 1 N–H and O–H groups in total. The molecule has 0 saturated heterocycles. The van der Waals surface area contributed by atoms with Crippen molar-refractivity contribution in [2.24, 2.45) is 0 Å². The molecule has 0 spiro atoms. The number of ketones is 1. The predicted octanol–water partition coefficient (Wildman–Crippen LogP) is 3.13. The molecule has 0 aliphatic heterocycles. The molecule has 102 valence electrons. The summed E-state index contributed by atoms with van der Waals surface area (Å²) < 4.78 is 1.94. The van der Waals surface area contributed by atoms with Gasteiger partial charge in [0.1, 0.15) is 0 Å². The van der Waals surface area contributed by atoms with Gasteiger partial charge in [-0.05, 0) is 30.0 Å². The lowest BCUT2D eigenvalue weighted by Crippen LogP contribution is -2.10. The first-order valence-electron chi connectivity index (χ1n) is 6.60. The van der Waals surface area contributed by atoms with Gasteiger partial charge >= 0.3 is 0 Å². The highest BCUT2D eigenvalue weighted by molar-refractivity contribution is 6.07. The first-order chi connectivity index (χ1) is 8.84. The number of fused-ring (bicyclic) bond motifs is 1. The van der Waals surface area contributed by atoms with Crippen LogP contribution in [0.5, 0.6) is 0 Å². The van der Waals surface area contributed by atoms with Crippen molar-refractivity contribution >= 4 is 16.7 Å². The normalized spacial score (nSPS) is 12.1. The lowest BCUT2D eigenvalue weighted by molar-refractivity contribution is 0.101. The molecule has 2 rings (SSSR count). The SMILES string of the molecule is CC(=O)c1cn(CCO)c2ccc(C(C)(C)C)cc12. The molecule has 0 aliphatic carbocycles. The van der Waals surface area contributed by atoms with Crippen LogP contribution in [0, 0.1) is 0 Å². The van der Waals surface area contributed by atoms with E-state index in [1.807, 2.05) is 16.8 Å². The van der Waals surface area contributed by atoms with E-state index < -0.39 is 0 Å². The molecule has 3 nitrogen and oxygen atoms in total. The molecule has 1 aromatic carbocycles. The Morgan fingerprint density at radius 1 is 1.32 bits per heavy atom. The molecule has 0 amide bonds. The van der Waals surface area contributed by atoms with Crippen molar-refractivity contribution in [2.45, 2.75) is 39.7 Å². The number of Topliss-reactive ketones (excluding diaryl/α,β-unsaturated/α-hetero) is 1. The Balaban J connectivity index is 2.69. The lowest BCUT2D eigenvalue weighted by Gasteiger charge is -2.19. The van der Waals surface area contributed by atoms with E-state index in [2.05, 4.69) is 32.9 Å². The average molecular weight is 259 g/mol. The zero-order valence-electron chi connectivity index (χ0n) is 12.0. The van der Waals surface area contributed by atoms with E-state index in [-0.39, 0.29) is 17.8 Å². The molecule has 0 atom stereocenters. The molecule has 2 aromatic rings. The van der Waals surface area contributed by atoms with Gasteiger partial charge in [0.25, 0.3) is 0 Å². The third-order valence-corrected chi connectivity index (χ3v) is 3.47. The number of benzene rings is 1. The van der Waals surface area contributed by atoms with Gasteiger partial charge in [-0.15, -0.1) is 0 Å². The highest BCUT2D eigenvalue weighted by Crippen LogP contribution is 2.29. The molecule has 0 aliphatic rings. The monoisotopic (exact) mass is 259 g/mol. The Morgan fingerprint density at radius 3 is 2.53 bits per heavy atom. The maximum atomic E-state index is 11.8. The summed E-state index contributed by atoms with van der Waals surface area (Å²) in [5, 5.41) is 10.1. The van der Waals surface area contributed by atoms with Crippen LogP contribution in [0.2, 0.25) is 0 Å². The Hall–Kier alpha value is -1.61. The number of hydrogen-bond donors (Lipinski definition) is 1. The van der Waals surface area contributed by atoms with E-state index in [0.717, 1.165) is 16.5 Å². The molecule has 1 heterocycles. The summed E-state index contributed by atoms with van der Waals surface area (Å²) in [7, 11) is 0. The molecule has 0 unspecified atom stereocenters. The van der Waals surface area contributed by atoms with Crippen molar-refractivity contribution in [3.05, 3.63) is 35.5 Å². The van der Waals surface area contributed by atoms with Gasteiger partial charge in [-0.3, -0.25) is 4.79 Å². The van der Waals surface area contributed by atoms with Gasteiger partial charge in [-0.25, -0.2) is 0 Å². The third kappa shape index (κ3) is 2.56. The Bertz CT molecular complexity index is 617. The fraction of sp³-hybridized carbons (Fsp3) is 0.438. The topological polar surface area (TPSA) is 42.2 Å². The maximum Gasteiger partial charge on any atom is 0.161 e. The van der Waals surface area contributed by atoms with Crippen molar-refractivity contribution in [3.63, 3.8) is 0 Å². The fourth-order valence-corrected chi connectivity index (χ4v) is 2.34. The van der Waals surface area contributed by atoms with Crippen LogP contribution in [0.4, 0.5) is 0 Å². The second-order valence-corrected chi connectivity index (χ2v) is 6.00. The molecule has 3 heteroatoms. The minimum Gasteiger partial charge on any atom is -0.395 e. The van der Waals surface area contributed by atoms with E-state index in [4.69, 9.17) is 5.11 Å². The minimum atomic E-state index is 0.0569. The van der Waals surface area contributed by atoms with Gasteiger partial charge in [0, 0.05) is 29.2 Å². The molecule has 1 aromatic heterocycles. The summed E-state index contributed by atoms with van der Waals surface area (Å²) in [4.78, 5) is 11.8. The summed E-state index contributed by atoms with van der Waals surface area (Å²) in [5.74, 6) is 0.0627. The first-order valence-corrected chi connectivity index (χ1v) is 6.60. The highest BCUT2D eigenvalue weighted by atomic mass is 16.3. The van der Waals surface area contributed by atoms with Gasteiger partial charge < -0.3 is 9.67 Å².